The van der Waals surface area contributed by atoms with E-state index in [2.05, 4.69) is 20.9 Å². The lowest BCUT2D eigenvalue weighted by Gasteiger charge is -2.08. The van der Waals surface area contributed by atoms with E-state index < -0.39 is 5.97 Å². The fourth-order valence-electron chi connectivity index (χ4n) is 1.53. The Kier molecular flexibility index (Phi) is 4.57. The van der Waals surface area contributed by atoms with Crippen molar-refractivity contribution in [2.75, 3.05) is 12.8 Å². The Hall–Kier alpha value is -2.08. The molecule has 0 atom stereocenters. The molecule has 1 aromatic carbocycles. The monoisotopic (exact) mass is 336 g/mol. The highest BCUT2D eigenvalue weighted by Crippen LogP contribution is 2.23. The summed E-state index contributed by atoms with van der Waals surface area (Å²) in [6, 6.07) is 8.58. The molecule has 5 nitrogen and oxygen atoms in total. The Labute approximate surface area is 124 Å². The van der Waals surface area contributed by atoms with Crippen LogP contribution in [-0.4, -0.2) is 18.1 Å². The molecular formula is C14H13BrN2O3. The topological polar surface area (TPSA) is 74.4 Å². The van der Waals surface area contributed by atoms with Gasteiger partial charge in [0, 0.05) is 10.0 Å². The van der Waals surface area contributed by atoms with Crippen molar-refractivity contribution in [3.8, 4) is 5.75 Å². The molecule has 0 amide bonds. The number of nitrogen functional groups attached to an aromatic ring is 1. The Morgan fingerprint density at radius 3 is 2.80 bits per heavy atom. The lowest BCUT2D eigenvalue weighted by atomic mass is 10.2. The summed E-state index contributed by atoms with van der Waals surface area (Å²) in [4.78, 5) is 15.7. The Balaban J connectivity index is 2.05. The molecule has 0 fully saturated rings. The summed E-state index contributed by atoms with van der Waals surface area (Å²) in [6.07, 6.45) is 1.41. The summed E-state index contributed by atoms with van der Waals surface area (Å²) < 4.78 is 11.2. The van der Waals surface area contributed by atoms with Crippen LogP contribution in [0.5, 0.6) is 5.75 Å². The number of rotatable bonds is 4. The largest absolute Gasteiger partial charge is 0.497 e. The first-order chi connectivity index (χ1) is 9.60. The number of carbonyl (C=O) groups is 1. The van der Waals surface area contributed by atoms with E-state index in [-0.39, 0.29) is 12.3 Å². The molecule has 20 heavy (non-hydrogen) atoms. The van der Waals surface area contributed by atoms with E-state index in [9.17, 15) is 4.79 Å². The zero-order valence-corrected chi connectivity index (χ0v) is 12.4. The number of pyridine rings is 1. The molecule has 2 rings (SSSR count). The summed E-state index contributed by atoms with van der Waals surface area (Å²) in [5.74, 6) is 0.199. The predicted molar refractivity (Wildman–Crippen MR) is 78.5 cm³/mol. The van der Waals surface area contributed by atoms with Gasteiger partial charge < -0.3 is 15.2 Å². The minimum Gasteiger partial charge on any atom is -0.497 e. The second-order valence-corrected chi connectivity index (χ2v) is 4.86. The number of esters is 1. The van der Waals surface area contributed by atoms with Gasteiger partial charge in [-0.2, -0.15) is 0 Å². The first kappa shape index (κ1) is 14.3. The number of nitrogens with two attached hydrogens (primary N) is 1. The minimum atomic E-state index is -0.500. The van der Waals surface area contributed by atoms with E-state index in [1.165, 1.54) is 12.3 Å². The summed E-state index contributed by atoms with van der Waals surface area (Å²) in [5, 5.41) is 0. The van der Waals surface area contributed by atoms with Crippen molar-refractivity contribution < 1.29 is 14.3 Å². The number of aromatic nitrogens is 1. The van der Waals surface area contributed by atoms with Crippen LogP contribution in [0.4, 0.5) is 5.69 Å². The first-order valence-electron chi connectivity index (χ1n) is 5.81. The minimum absolute atomic E-state index is 0.128. The molecular weight excluding hydrogens is 324 g/mol. The molecule has 0 saturated heterocycles. The van der Waals surface area contributed by atoms with E-state index in [0.29, 0.717) is 11.4 Å². The van der Waals surface area contributed by atoms with Gasteiger partial charge in [-0.1, -0.05) is 15.9 Å². The maximum atomic E-state index is 11.8. The van der Waals surface area contributed by atoms with Gasteiger partial charge in [-0.3, -0.25) is 0 Å². The highest BCUT2D eigenvalue weighted by molar-refractivity contribution is 9.10. The molecule has 0 aliphatic carbocycles. The van der Waals surface area contributed by atoms with Gasteiger partial charge in [-0.25, -0.2) is 9.78 Å². The lowest BCUT2D eigenvalue weighted by Crippen LogP contribution is -2.08. The van der Waals surface area contributed by atoms with Gasteiger partial charge in [0.25, 0.3) is 0 Å². The van der Waals surface area contributed by atoms with Crippen molar-refractivity contribution in [2.24, 2.45) is 0 Å². The summed E-state index contributed by atoms with van der Waals surface area (Å²) in [6.45, 7) is 0.128. The van der Waals surface area contributed by atoms with Crippen molar-refractivity contribution in [1.29, 1.82) is 0 Å². The average molecular weight is 337 g/mol. The highest BCUT2D eigenvalue weighted by Gasteiger charge is 2.10. The van der Waals surface area contributed by atoms with E-state index in [4.69, 9.17) is 15.2 Å². The molecule has 0 unspecified atom stereocenters. The predicted octanol–water partition coefficient (Wildman–Crippen LogP) is 2.79. The molecule has 0 spiro atoms. The fraction of sp³-hybridized carbons (Fsp3) is 0.143. The van der Waals surface area contributed by atoms with Gasteiger partial charge in [0.15, 0.2) is 0 Å². The summed E-state index contributed by atoms with van der Waals surface area (Å²) >= 11 is 3.40. The van der Waals surface area contributed by atoms with E-state index >= 15 is 0 Å². The number of hydrogen-bond donors (Lipinski definition) is 1. The van der Waals surface area contributed by atoms with Gasteiger partial charge in [0.05, 0.1) is 19.0 Å². The van der Waals surface area contributed by atoms with Crippen molar-refractivity contribution in [3.63, 3.8) is 0 Å². The van der Waals surface area contributed by atoms with Gasteiger partial charge in [0.2, 0.25) is 0 Å². The average Bonchev–Trinajstić information content (AvgIpc) is 2.47. The number of nitrogens with zero attached hydrogens (tertiary/aromatic N) is 1. The molecule has 6 heteroatoms. The number of benzene rings is 1. The van der Waals surface area contributed by atoms with Crippen LogP contribution in [0.15, 0.2) is 41.0 Å². The van der Waals surface area contributed by atoms with Gasteiger partial charge >= 0.3 is 5.97 Å². The molecule has 2 aromatic rings. The molecule has 0 radical (unpaired) electrons. The normalized spacial score (nSPS) is 10.1. The number of anilines is 1. The van der Waals surface area contributed by atoms with Gasteiger partial charge in [-0.15, -0.1) is 0 Å². The van der Waals surface area contributed by atoms with Crippen molar-refractivity contribution in [3.05, 3.63) is 52.3 Å². The van der Waals surface area contributed by atoms with Crippen LogP contribution in [0.2, 0.25) is 0 Å². The molecule has 0 bridgehead atoms. The Morgan fingerprint density at radius 2 is 2.15 bits per heavy atom. The van der Waals surface area contributed by atoms with Gasteiger partial charge in [-0.05, 0) is 30.3 Å². The Bertz CT molecular complexity index is 614. The summed E-state index contributed by atoms with van der Waals surface area (Å²) in [5.41, 5.74) is 7.04. The number of halogens is 1. The van der Waals surface area contributed by atoms with E-state index in [0.717, 1.165) is 10.0 Å². The van der Waals surface area contributed by atoms with Crippen molar-refractivity contribution >= 4 is 27.6 Å². The third-order valence-corrected chi connectivity index (χ3v) is 3.38. The maximum Gasteiger partial charge on any atom is 0.357 e. The molecule has 1 aromatic heterocycles. The Morgan fingerprint density at radius 1 is 1.35 bits per heavy atom. The second kappa shape index (κ2) is 6.38. The molecule has 0 aliphatic rings. The van der Waals surface area contributed by atoms with Crippen LogP contribution in [0.3, 0.4) is 0 Å². The molecule has 2 N–H and O–H groups in total. The molecule has 1 heterocycles. The van der Waals surface area contributed by atoms with Gasteiger partial charge in [0.1, 0.15) is 18.1 Å². The second-order valence-electron chi connectivity index (χ2n) is 4.01. The standard InChI is InChI=1S/C14H13BrN2O3/c1-19-11-3-4-12(15)9(6-11)8-20-14(18)13-5-2-10(16)7-17-13/h2-7H,8,16H2,1H3. The van der Waals surface area contributed by atoms with Crippen LogP contribution in [0.1, 0.15) is 16.1 Å². The van der Waals surface area contributed by atoms with Crippen LogP contribution in [0, 0.1) is 0 Å². The SMILES string of the molecule is COc1ccc(Br)c(COC(=O)c2ccc(N)cn2)c1. The van der Waals surface area contributed by atoms with Crippen molar-refractivity contribution in [1.82, 2.24) is 4.98 Å². The molecule has 0 aliphatic heterocycles. The third kappa shape index (κ3) is 3.48. The number of ether oxygens (including phenoxy) is 2. The zero-order chi connectivity index (χ0) is 14.5. The highest BCUT2D eigenvalue weighted by atomic mass is 79.9. The smallest absolute Gasteiger partial charge is 0.357 e. The van der Waals surface area contributed by atoms with Crippen LogP contribution < -0.4 is 10.5 Å². The van der Waals surface area contributed by atoms with E-state index in [1.807, 2.05) is 12.1 Å². The van der Waals surface area contributed by atoms with Crippen molar-refractivity contribution in [2.45, 2.75) is 6.61 Å². The molecule has 104 valence electrons. The third-order valence-electron chi connectivity index (χ3n) is 2.61. The number of carbonyl (C=O) groups excluding carboxylic acids is 1. The fourth-order valence-corrected chi connectivity index (χ4v) is 1.89. The lowest BCUT2D eigenvalue weighted by molar-refractivity contribution is 0.0464. The zero-order valence-electron chi connectivity index (χ0n) is 10.8. The van der Waals surface area contributed by atoms with Crippen LogP contribution in [-0.2, 0) is 11.3 Å². The maximum absolute atomic E-state index is 11.8. The quantitative estimate of drug-likeness (QED) is 0.869. The summed E-state index contributed by atoms with van der Waals surface area (Å²) in [7, 11) is 1.58. The number of methoxy groups -OCH3 is 1. The molecule has 0 saturated carbocycles. The van der Waals surface area contributed by atoms with Crippen LogP contribution >= 0.6 is 15.9 Å². The first-order valence-corrected chi connectivity index (χ1v) is 6.60. The van der Waals surface area contributed by atoms with E-state index in [1.54, 1.807) is 19.2 Å². The van der Waals surface area contributed by atoms with Crippen LogP contribution in [0.25, 0.3) is 0 Å². The number of hydrogen-bond acceptors (Lipinski definition) is 5.